The Morgan fingerprint density at radius 1 is 1.46 bits per heavy atom. The number of phenolic OH excluding ortho intramolecular Hbond substituents is 1. The van der Waals surface area contributed by atoms with Crippen molar-refractivity contribution in [3.63, 3.8) is 0 Å². The number of phenols is 1. The van der Waals surface area contributed by atoms with E-state index >= 15 is 0 Å². The highest BCUT2D eigenvalue weighted by atomic mass is 32.1. The van der Waals surface area contributed by atoms with E-state index in [2.05, 4.69) is 24.9 Å². The van der Waals surface area contributed by atoms with Crippen LogP contribution in [0.25, 0.3) is 10.1 Å². The molecule has 13 heavy (non-hydrogen) atoms. The average molecular weight is 210 g/mol. The molecule has 0 aliphatic heterocycles. The van der Waals surface area contributed by atoms with Crippen molar-refractivity contribution in [3.05, 3.63) is 23.1 Å². The fraction of sp³-hybridized carbons (Fsp3) is 0.200. The molecule has 1 nitrogen and oxygen atoms in total. The normalized spacial score (nSPS) is 10.9. The van der Waals surface area contributed by atoms with Gasteiger partial charge in [0.1, 0.15) is 5.75 Å². The quantitative estimate of drug-likeness (QED) is 0.691. The van der Waals surface area contributed by atoms with Crippen LogP contribution in [0, 0.1) is 0 Å². The molecule has 0 unspecified atom stereocenters. The summed E-state index contributed by atoms with van der Waals surface area (Å²) in [4.78, 5) is 0.950. The predicted octanol–water partition coefficient (Wildman–Crippen LogP) is 3.46. The molecule has 1 aromatic heterocycles. The topological polar surface area (TPSA) is 20.2 Å². The minimum Gasteiger partial charge on any atom is -0.506 e. The van der Waals surface area contributed by atoms with Gasteiger partial charge in [0.25, 0.3) is 0 Å². The summed E-state index contributed by atoms with van der Waals surface area (Å²) in [7, 11) is 0. The molecule has 68 valence electrons. The van der Waals surface area contributed by atoms with E-state index in [0.29, 0.717) is 5.75 Å². The van der Waals surface area contributed by atoms with Crippen LogP contribution in [0.5, 0.6) is 5.75 Å². The van der Waals surface area contributed by atoms with Crippen molar-refractivity contribution in [3.8, 4) is 5.75 Å². The third kappa shape index (κ3) is 1.32. The average Bonchev–Trinajstić information content (AvgIpc) is 2.56. The van der Waals surface area contributed by atoms with Crippen LogP contribution in [0.3, 0.4) is 0 Å². The summed E-state index contributed by atoms with van der Waals surface area (Å²) in [6.45, 7) is 2.11. The van der Waals surface area contributed by atoms with Gasteiger partial charge in [0.15, 0.2) is 0 Å². The summed E-state index contributed by atoms with van der Waals surface area (Å²) in [6, 6.07) is 3.53. The van der Waals surface area contributed by atoms with E-state index in [-0.39, 0.29) is 0 Å². The van der Waals surface area contributed by atoms with E-state index < -0.39 is 0 Å². The Hall–Kier alpha value is -0.670. The first-order valence-electron chi connectivity index (χ1n) is 4.15. The molecule has 1 N–H and O–H groups in total. The van der Waals surface area contributed by atoms with Crippen molar-refractivity contribution in [2.45, 2.75) is 18.2 Å². The monoisotopic (exact) mass is 210 g/mol. The number of aromatic hydroxyl groups is 1. The maximum Gasteiger partial charge on any atom is 0.133 e. The maximum absolute atomic E-state index is 9.58. The highest BCUT2D eigenvalue weighted by Crippen LogP contribution is 2.37. The predicted molar refractivity (Wildman–Crippen MR) is 60.1 cm³/mol. The van der Waals surface area contributed by atoms with Crippen molar-refractivity contribution in [1.82, 2.24) is 0 Å². The molecular formula is C10H10OS2. The number of fused-ring (bicyclic) bond motifs is 1. The van der Waals surface area contributed by atoms with E-state index in [1.807, 2.05) is 6.07 Å². The number of thiophene rings is 1. The van der Waals surface area contributed by atoms with E-state index in [9.17, 15) is 5.11 Å². The van der Waals surface area contributed by atoms with Gasteiger partial charge in [-0.2, -0.15) is 0 Å². The van der Waals surface area contributed by atoms with Gasteiger partial charge in [-0.25, -0.2) is 0 Å². The van der Waals surface area contributed by atoms with Crippen molar-refractivity contribution in [2.24, 2.45) is 0 Å². The summed E-state index contributed by atoms with van der Waals surface area (Å²) in [6.07, 6.45) is 0.983. The number of benzene rings is 1. The lowest BCUT2D eigenvalue weighted by atomic mass is 10.1. The number of rotatable bonds is 1. The minimum atomic E-state index is 0.359. The molecule has 0 aliphatic carbocycles. The van der Waals surface area contributed by atoms with E-state index in [4.69, 9.17) is 0 Å². The molecule has 0 spiro atoms. The van der Waals surface area contributed by atoms with E-state index in [1.165, 1.54) is 5.56 Å². The fourth-order valence-electron chi connectivity index (χ4n) is 1.44. The Labute approximate surface area is 86.4 Å². The molecule has 1 heterocycles. The Bertz CT molecular complexity index is 445. The number of aryl methyl sites for hydroxylation is 1. The summed E-state index contributed by atoms with van der Waals surface area (Å²) in [5.41, 5.74) is 1.26. The molecule has 0 fully saturated rings. The van der Waals surface area contributed by atoms with E-state index in [0.717, 1.165) is 21.4 Å². The van der Waals surface area contributed by atoms with Gasteiger partial charge in [0.05, 0.1) is 4.70 Å². The molecule has 0 radical (unpaired) electrons. The van der Waals surface area contributed by atoms with Crippen LogP contribution < -0.4 is 0 Å². The van der Waals surface area contributed by atoms with Crippen molar-refractivity contribution in [1.29, 1.82) is 0 Å². The van der Waals surface area contributed by atoms with Gasteiger partial charge in [0.2, 0.25) is 0 Å². The smallest absolute Gasteiger partial charge is 0.133 e. The van der Waals surface area contributed by atoms with Crippen molar-refractivity contribution in [2.75, 3.05) is 0 Å². The molecule has 0 saturated heterocycles. The Morgan fingerprint density at radius 2 is 2.23 bits per heavy atom. The summed E-state index contributed by atoms with van der Waals surface area (Å²) in [5.74, 6) is 0.359. The van der Waals surface area contributed by atoms with Crippen LogP contribution in [0.2, 0.25) is 0 Å². The lowest BCUT2D eigenvalue weighted by molar-refractivity contribution is 0.482. The lowest BCUT2D eigenvalue weighted by Gasteiger charge is -2.00. The van der Waals surface area contributed by atoms with Gasteiger partial charge < -0.3 is 5.11 Å². The SMILES string of the molecule is CCc1csc2c(O)ccc(S)c12. The summed E-state index contributed by atoms with van der Waals surface area (Å²) in [5, 5.41) is 12.8. The van der Waals surface area contributed by atoms with E-state index in [1.54, 1.807) is 17.4 Å². The maximum atomic E-state index is 9.58. The Kier molecular flexibility index (Phi) is 2.22. The molecule has 0 aliphatic rings. The van der Waals surface area contributed by atoms with Crippen molar-refractivity contribution < 1.29 is 5.11 Å². The molecular weight excluding hydrogens is 200 g/mol. The first-order valence-corrected chi connectivity index (χ1v) is 5.47. The molecule has 0 saturated carbocycles. The standard InChI is InChI=1S/C10H10OS2/c1-2-6-5-13-10-7(11)3-4-8(12)9(6)10/h3-5,11-12H,2H2,1H3. The van der Waals surface area contributed by atoms with Crippen LogP contribution in [-0.4, -0.2) is 5.11 Å². The second kappa shape index (κ2) is 3.24. The zero-order valence-corrected chi connectivity index (χ0v) is 8.95. The molecule has 0 atom stereocenters. The fourth-order valence-corrected chi connectivity index (χ4v) is 2.94. The molecule has 1 aromatic carbocycles. The first kappa shape index (κ1) is 8.91. The molecule has 2 rings (SSSR count). The summed E-state index contributed by atoms with van der Waals surface area (Å²) >= 11 is 5.96. The second-order valence-corrected chi connectivity index (χ2v) is 4.28. The molecule has 0 bridgehead atoms. The first-order chi connectivity index (χ1) is 6.24. The highest BCUT2D eigenvalue weighted by Gasteiger charge is 2.08. The Balaban J connectivity index is 2.87. The van der Waals surface area contributed by atoms with Gasteiger partial charge in [-0.05, 0) is 29.5 Å². The zero-order chi connectivity index (χ0) is 9.42. The van der Waals surface area contributed by atoms with Crippen LogP contribution in [0.15, 0.2) is 22.4 Å². The van der Waals surface area contributed by atoms with Crippen LogP contribution >= 0.6 is 24.0 Å². The number of hydrogen-bond acceptors (Lipinski definition) is 3. The third-order valence-electron chi connectivity index (χ3n) is 2.14. The minimum absolute atomic E-state index is 0.359. The van der Waals surface area contributed by atoms with Gasteiger partial charge >= 0.3 is 0 Å². The van der Waals surface area contributed by atoms with Gasteiger partial charge in [-0.3, -0.25) is 0 Å². The van der Waals surface area contributed by atoms with Gasteiger partial charge in [-0.15, -0.1) is 24.0 Å². The zero-order valence-electron chi connectivity index (χ0n) is 7.24. The lowest BCUT2D eigenvalue weighted by Crippen LogP contribution is -1.77. The van der Waals surface area contributed by atoms with Crippen LogP contribution in [0.1, 0.15) is 12.5 Å². The number of thiol groups is 1. The molecule has 0 amide bonds. The van der Waals surface area contributed by atoms with Crippen molar-refractivity contribution >= 4 is 34.1 Å². The molecule has 2 aromatic rings. The number of hydrogen-bond donors (Lipinski definition) is 2. The highest BCUT2D eigenvalue weighted by molar-refractivity contribution is 7.80. The van der Waals surface area contributed by atoms with Crippen LogP contribution in [0.4, 0.5) is 0 Å². The molecule has 3 heteroatoms. The second-order valence-electron chi connectivity index (χ2n) is 2.92. The Morgan fingerprint density at radius 3 is 2.92 bits per heavy atom. The third-order valence-corrected chi connectivity index (χ3v) is 3.56. The van der Waals surface area contributed by atoms with Gasteiger partial charge in [-0.1, -0.05) is 6.92 Å². The van der Waals surface area contributed by atoms with Crippen LogP contribution in [-0.2, 0) is 6.42 Å². The summed E-state index contributed by atoms with van der Waals surface area (Å²) < 4.78 is 0.948. The van der Waals surface area contributed by atoms with Gasteiger partial charge in [0, 0.05) is 10.3 Å². The largest absolute Gasteiger partial charge is 0.506 e.